The summed E-state index contributed by atoms with van der Waals surface area (Å²) in [6, 6.07) is 21.5. The molecule has 3 heteroatoms. The zero-order valence-corrected chi connectivity index (χ0v) is 12.0. The number of hydrogen-bond acceptors (Lipinski definition) is 2. The molecule has 3 aromatic rings. The lowest BCUT2D eigenvalue weighted by atomic mass is 9.99. The normalized spacial score (nSPS) is 12.1. The molecular weight excluding hydrogens is 282 g/mol. The van der Waals surface area contributed by atoms with Crippen molar-refractivity contribution in [2.75, 3.05) is 0 Å². The van der Waals surface area contributed by atoms with Crippen LogP contribution in [0.2, 0.25) is 5.15 Å². The number of pyridine rings is 1. The van der Waals surface area contributed by atoms with Gasteiger partial charge in [-0.2, -0.15) is 0 Å². The van der Waals surface area contributed by atoms with Crippen molar-refractivity contribution in [1.29, 1.82) is 0 Å². The number of aliphatic hydroxyl groups is 1. The van der Waals surface area contributed by atoms with Gasteiger partial charge in [0.05, 0.1) is 0 Å². The zero-order valence-electron chi connectivity index (χ0n) is 11.3. The molecule has 21 heavy (non-hydrogen) atoms. The van der Waals surface area contributed by atoms with Crippen LogP contribution in [0, 0.1) is 0 Å². The van der Waals surface area contributed by atoms with Crippen LogP contribution in [0.15, 0.2) is 72.9 Å². The fourth-order valence-corrected chi connectivity index (χ4v) is 2.45. The summed E-state index contributed by atoms with van der Waals surface area (Å²) in [5.41, 5.74) is 3.85. The maximum absolute atomic E-state index is 10.4. The van der Waals surface area contributed by atoms with Crippen LogP contribution in [-0.2, 0) is 0 Å². The van der Waals surface area contributed by atoms with Gasteiger partial charge in [-0.1, -0.05) is 66.2 Å². The third-order valence-corrected chi connectivity index (χ3v) is 3.61. The van der Waals surface area contributed by atoms with Gasteiger partial charge in [0.1, 0.15) is 11.3 Å². The average molecular weight is 296 g/mol. The van der Waals surface area contributed by atoms with Crippen molar-refractivity contribution in [3.05, 3.63) is 89.2 Å². The van der Waals surface area contributed by atoms with E-state index in [4.69, 9.17) is 11.6 Å². The fourth-order valence-electron chi connectivity index (χ4n) is 2.27. The van der Waals surface area contributed by atoms with Crippen LogP contribution in [0.4, 0.5) is 0 Å². The highest BCUT2D eigenvalue weighted by molar-refractivity contribution is 6.29. The van der Waals surface area contributed by atoms with E-state index in [1.165, 1.54) is 0 Å². The third-order valence-electron chi connectivity index (χ3n) is 3.40. The molecule has 0 aliphatic rings. The Bertz CT molecular complexity index is 726. The quantitative estimate of drug-likeness (QED) is 0.723. The minimum atomic E-state index is -0.699. The summed E-state index contributed by atoms with van der Waals surface area (Å²) in [6.07, 6.45) is 0.898. The molecule has 0 radical (unpaired) electrons. The van der Waals surface area contributed by atoms with E-state index in [2.05, 4.69) is 17.1 Å². The first-order valence-electron chi connectivity index (χ1n) is 6.69. The van der Waals surface area contributed by atoms with E-state index in [0.29, 0.717) is 5.15 Å². The standard InChI is InChI=1S/C18H14ClNO/c19-17-12-16(10-11-20-17)18(21)15-8-6-14(7-9-15)13-4-2-1-3-5-13/h1-12,18,21H. The monoisotopic (exact) mass is 295 g/mol. The van der Waals surface area contributed by atoms with Gasteiger partial charge in [0, 0.05) is 6.20 Å². The van der Waals surface area contributed by atoms with Gasteiger partial charge in [-0.3, -0.25) is 0 Å². The highest BCUT2D eigenvalue weighted by atomic mass is 35.5. The highest BCUT2D eigenvalue weighted by Crippen LogP contribution is 2.26. The number of rotatable bonds is 3. The van der Waals surface area contributed by atoms with E-state index in [9.17, 15) is 5.11 Å². The largest absolute Gasteiger partial charge is 0.384 e. The summed E-state index contributed by atoms with van der Waals surface area (Å²) in [4.78, 5) is 3.92. The first-order valence-corrected chi connectivity index (χ1v) is 7.07. The van der Waals surface area contributed by atoms with Crippen molar-refractivity contribution in [2.45, 2.75) is 6.10 Å². The number of halogens is 1. The van der Waals surface area contributed by atoms with E-state index in [1.54, 1.807) is 18.3 Å². The topological polar surface area (TPSA) is 33.1 Å². The predicted octanol–water partition coefficient (Wildman–Crippen LogP) is 4.48. The second kappa shape index (κ2) is 6.08. The third kappa shape index (κ3) is 3.13. The molecule has 3 rings (SSSR count). The lowest BCUT2D eigenvalue weighted by Gasteiger charge is -2.12. The lowest BCUT2D eigenvalue weighted by molar-refractivity contribution is 0.220. The van der Waals surface area contributed by atoms with Gasteiger partial charge in [0.25, 0.3) is 0 Å². The van der Waals surface area contributed by atoms with Crippen molar-refractivity contribution < 1.29 is 5.11 Å². The fraction of sp³-hybridized carbons (Fsp3) is 0.0556. The molecule has 1 N–H and O–H groups in total. The van der Waals surface area contributed by atoms with Crippen LogP contribution in [0.3, 0.4) is 0 Å². The number of aromatic nitrogens is 1. The zero-order chi connectivity index (χ0) is 14.7. The van der Waals surface area contributed by atoms with Gasteiger partial charge in [-0.25, -0.2) is 4.98 Å². The van der Waals surface area contributed by atoms with Crippen LogP contribution in [-0.4, -0.2) is 10.1 Å². The van der Waals surface area contributed by atoms with Gasteiger partial charge >= 0.3 is 0 Å². The predicted molar refractivity (Wildman–Crippen MR) is 85.2 cm³/mol. The van der Waals surface area contributed by atoms with Crippen LogP contribution in [0.25, 0.3) is 11.1 Å². The van der Waals surface area contributed by atoms with Crippen molar-refractivity contribution in [3.8, 4) is 11.1 Å². The molecule has 104 valence electrons. The summed E-state index contributed by atoms with van der Waals surface area (Å²) in [5, 5.41) is 10.8. The Kier molecular flexibility index (Phi) is 4.00. The molecule has 0 fully saturated rings. The molecule has 0 saturated carbocycles. The van der Waals surface area contributed by atoms with E-state index in [1.807, 2.05) is 42.5 Å². The Morgan fingerprint density at radius 2 is 1.48 bits per heavy atom. The summed E-state index contributed by atoms with van der Waals surface area (Å²) in [7, 11) is 0. The van der Waals surface area contributed by atoms with Crippen molar-refractivity contribution in [3.63, 3.8) is 0 Å². The van der Waals surface area contributed by atoms with E-state index < -0.39 is 6.10 Å². The summed E-state index contributed by atoms with van der Waals surface area (Å²) >= 11 is 5.86. The Morgan fingerprint density at radius 3 is 2.14 bits per heavy atom. The first kappa shape index (κ1) is 13.8. The summed E-state index contributed by atoms with van der Waals surface area (Å²) in [5.74, 6) is 0. The van der Waals surface area contributed by atoms with Crippen molar-refractivity contribution >= 4 is 11.6 Å². The molecular formula is C18H14ClNO. The minimum absolute atomic E-state index is 0.382. The number of benzene rings is 2. The number of nitrogens with zero attached hydrogens (tertiary/aromatic N) is 1. The van der Waals surface area contributed by atoms with Gasteiger partial charge in [0.2, 0.25) is 0 Å². The van der Waals surface area contributed by atoms with Gasteiger partial charge in [0.15, 0.2) is 0 Å². The second-order valence-corrected chi connectivity index (χ2v) is 5.19. The smallest absolute Gasteiger partial charge is 0.129 e. The Morgan fingerprint density at radius 1 is 0.810 bits per heavy atom. The SMILES string of the molecule is OC(c1ccc(-c2ccccc2)cc1)c1ccnc(Cl)c1. The number of hydrogen-bond donors (Lipinski definition) is 1. The lowest BCUT2D eigenvalue weighted by Crippen LogP contribution is -1.99. The molecule has 0 aliphatic heterocycles. The van der Waals surface area contributed by atoms with Crippen LogP contribution in [0.1, 0.15) is 17.2 Å². The van der Waals surface area contributed by atoms with Gasteiger partial charge in [-0.05, 0) is 34.4 Å². The Balaban J connectivity index is 1.87. The number of aliphatic hydroxyl groups excluding tert-OH is 1. The average Bonchev–Trinajstić information content (AvgIpc) is 2.55. The molecule has 0 amide bonds. The van der Waals surface area contributed by atoms with E-state index in [-0.39, 0.29) is 0 Å². The molecule has 1 atom stereocenters. The van der Waals surface area contributed by atoms with Crippen LogP contribution < -0.4 is 0 Å². The van der Waals surface area contributed by atoms with E-state index >= 15 is 0 Å². The van der Waals surface area contributed by atoms with Gasteiger partial charge < -0.3 is 5.11 Å². The van der Waals surface area contributed by atoms with Gasteiger partial charge in [-0.15, -0.1) is 0 Å². The molecule has 0 saturated heterocycles. The van der Waals surface area contributed by atoms with Crippen molar-refractivity contribution in [2.24, 2.45) is 0 Å². The van der Waals surface area contributed by atoms with E-state index in [0.717, 1.165) is 22.3 Å². The molecule has 0 bridgehead atoms. The molecule has 2 aromatic carbocycles. The molecule has 1 heterocycles. The maximum atomic E-state index is 10.4. The Hall–Kier alpha value is -2.16. The van der Waals surface area contributed by atoms with Crippen molar-refractivity contribution in [1.82, 2.24) is 4.98 Å². The maximum Gasteiger partial charge on any atom is 0.129 e. The molecule has 0 spiro atoms. The molecule has 1 unspecified atom stereocenters. The second-order valence-electron chi connectivity index (χ2n) is 4.80. The molecule has 2 nitrogen and oxygen atoms in total. The summed E-state index contributed by atoms with van der Waals surface area (Å²) in [6.45, 7) is 0. The minimum Gasteiger partial charge on any atom is -0.384 e. The molecule has 1 aromatic heterocycles. The molecule has 0 aliphatic carbocycles. The Labute approximate surface area is 128 Å². The summed E-state index contributed by atoms with van der Waals surface area (Å²) < 4.78 is 0. The van der Waals surface area contributed by atoms with Crippen LogP contribution >= 0.6 is 11.6 Å². The highest BCUT2D eigenvalue weighted by Gasteiger charge is 2.11. The van der Waals surface area contributed by atoms with Crippen LogP contribution in [0.5, 0.6) is 0 Å². The first-order chi connectivity index (χ1) is 10.2.